The number of carboxylic acids is 1. The summed E-state index contributed by atoms with van der Waals surface area (Å²) in [5, 5.41) is 12.1. The van der Waals surface area contributed by atoms with Gasteiger partial charge < -0.3 is 20.1 Å². The van der Waals surface area contributed by atoms with E-state index >= 15 is 0 Å². The van der Waals surface area contributed by atoms with Crippen LogP contribution in [0.3, 0.4) is 0 Å². The smallest absolute Gasteiger partial charge is 0.317 e. The predicted molar refractivity (Wildman–Crippen MR) is 102 cm³/mol. The molecule has 1 atom stereocenters. The molecular weight excluding hydrogens is 346 g/mol. The first-order valence-electron chi connectivity index (χ1n) is 9.72. The summed E-state index contributed by atoms with van der Waals surface area (Å²) in [6.45, 7) is 4.50. The topological polar surface area (TPSA) is 82.1 Å². The number of carbonyl (C=O) groups is 2. The Labute approximate surface area is 160 Å². The molecule has 1 saturated heterocycles. The van der Waals surface area contributed by atoms with E-state index < -0.39 is 5.97 Å². The zero-order chi connectivity index (χ0) is 19.2. The van der Waals surface area contributed by atoms with Crippen LogP contribution in [0.25, 0.3) is 0 Å². The van der Waals surface area contributed by atoms with E-state index in [1.807, 2.05) is 34.9 Å². The van der Waals surface area contributed by atoms with E-state index in [1.54, 1.807) is 0 Å². The van der Waals surface area contributed by atoms with Crippen molar-refractivity contribution < 1.29 is 19.4 Å². The predicted octanol–water partition coefficient (Wildman–Crippen LogP) is 1.58. The molecule has 27 heavy (non-hydrogen) atoms. The number of nitrogens with zero attached hydrogens (tertiary/aromatic N) is 2. The van der Waals surface area contributed by atoms with Crippen LogP contribution in [0.1, 0.15) is 25.3 Å². The van der Waals surface area contributed by atoms with Crippen LogP contribution < -0.4 is 5.32 Å². The summed E-state index contributed by atoms with van der Waals surface area (Å²) in [5.74, 6) is -0.804. The van der Waals surface area contributed by atoms with Crippen LogP contribution in [0.5, 0.6) is 0 Å². The number of amides is 2. The minimum absolute atomic E-state index is 0.0205. The molecule has 2 amide bonds. The number of nitrogens with one attached hydrogen (secondary N) is 1. The fraction of sp³-hybridized carbons (Fsp3) is 0.600. The first-order chi connectivity index (χ1) is 13.0. The van der Waals surface area contributed by atoms with Gasteiger partial charge in [-0.25, -0.2) is 4.79 Å². The highest BCUT2D eigenvalue weighted by Crippen LogP contribution is 2.26. The first-order valence-corrected chi connectivity index (χ1v) is 9.72. The molecule has 1 saturated carbocycles. The van der Waals surface area contributed by atoms with Crippen molar-refractivity contribution in [2.75, 3.05) is 32.8 Å². The summed E-state index contributed by atoms with van der Waals surface area (Å²) in [7, 11) is 0. The Kier molecular flexibility index (Phi) is 6.68. The Hall–Kier alpha value is -2.12. The summed E-state index contributed by atoms with van der Waals surface area (Å²) in [6.07, 6.45) is 2.44. The lowest BCUT2D eigenvalue weighted by Gasteiger charge is -2.43. The minimum atomic E-state index is -0.804. The average Bonchev–Trinajstić information content (AvgIpc) is 2.63. The van der Waals surface area contributed by atoms with Crippen LogP contribution in [0.2, 0.25) is 0 Å². The Bertz CT molecular complexity index is 633. The van der Waals surface area contributed by atoms with Crippen molar-refractivity contribution in [1.29, 1.82) is 0 Å². The third-order valence-corrected chi connectivity index (χ3v) is 5.43. The van der Waals surface area contributed by atoms with E-state index in [9.17, 15) is 9.59 Å². The number of carboxylic acid groups (broad SMARTS) is 1. The number of aliphatic carboxylic acids is 1. The van der Waals surface area contributed by atoms with Crippen molar-refractivity contribution >= 4 is 12.0 Å². The van der Waals surface area contributed by atoms with Gasteiger partial charge in [0.2, 0.25) is 0 Å². The van der Waals surface area contributed by atoms with Gasteiger partial charge in [-0.15, -0.1) is 0 Å². The van der Waals surface area contributed by atoms with Crippen LogP contribution in [0, 0.1) is 0 Å². The number of hydrogen-bond acceptors (Lipinski definition) is 4. The van der Waals surface area contributed by atoms with Crippen molar-refractivity contribution in [2.45, 2.75) is 44.4 Å². The molecule has 7 nitrogen and oxygen atoms in total. The van der Waals surface area contributed by atoms with E-state index in [4.69, 9.17) is 9.84 Å². The molecular formula is C20H29N3O4. The molecule has 3 rings (SSSR count). The Morgan fingerprint density at radius 1 is 1.30 bits per heavy atom. The van der Waals surface area contributed by atoms with Crippen molar-refractivity contribution in [2.24, 2.45) is 0 Å². The highest BCUT2D eigenvalue weighted by atomic mass is 16.5. The molecule has 0 radical (unpaired) electrons. The molecule has 1 aliphatic carbocycles. The summed E-state index contributed by atoms with van der Waals surface area (Å²) < 4.78 is 5.82. The fourth-order valence-corrected chi connectivity index (χ4v) is 3.85. The molecule has 2 N–H and O–H groups in total. The number of urea groups is 1. The van der Waals surface area contributed by atoms with Crippen molar-refractivity contribution in [3.05, 3.63) is 35.9 Å². The van der Waals surface area contributed by atoms with Crippen LogP contribution in [-0.2, 0) is 16.0 Å². The number of benzene rings is 1. The number of hydrogen-bond donors (Lipinski definition) is 2. The second kappa shape index (κ2) is 9.19. The number of rotatable bonds is 7. The maximum absolute atomic E-state index is 12.6. The molecule has 0 bridgehead atoms. The maximum atomic E-state index is 12.6. The van der Waals surface area contributed by atoms with E-state index in [0.29, 0.717) is 26.2 Å². The maximum Gasteiger partial charge on any atom is 0.317 e. The SMILES string of the molecule is CCN(CC(=O)O)C1CC(NC(=O)N2CCOC(Cc3ccccc3)C2)C1. The van der Waals surface area contributed by atoms with Gasteiger partial charge in [0.1, 0.15) is 0 Å². The third-order valence-electron chi connectivity index (χ3n) is 5.43. The van der Waals surface area contributed by atoms with Crippen molar-refractivity contribution in [3.8, 4) is 0 Å². The summed E-state index contributed by atoms with van der Waals surface area (Å²) in [5.41, 5.74) is 1.21. The Balaban J connectivity index is 1.43. The molecule has 148 valence electrons. The zero-order valence-corrected chi connectivity index (χ0v) is 15.8. The van der Waals surface area contributed by atoms with Crippen LogP contribution >= 0.6 is 0 Å². The minimum Gasteiger partial charge on any atom is -0.480 e. The summed E-state index contributed by atoms with van der Waals surface area (Å²) >= 11 is 0. The normalized spacial score (nSPS) is 25.1. The molecule has 0 aromatic heterocycles. The summed E-state index contributed by atoms with van der Waals surface area (Å²) in [4.78, 5) is 27.3. The molecule has 1 heterocycles. The number of ether oxygens (including phenoxy) is 1. The lowest BCUT2D eigenvalue weighted by atomic mass is 9.85. The van der Waals surface area contributed by atoms with Crippen LogP contribution in [-0.4, -0.2) is 77.9 Å². The Morgan fingerprint density at radius 3 is 2.70 bits per heavy atom. The quantitative estimate of drug-likeness (QED) is 0.756. The molecule has 1 unspecified atom stereocenters. The standard InChI is InChI=1S/C20H29N3O4/c1-2-22(14-19(24)25)17-11-16(12-17)21-20(26)23-8-9-27-18(13-23)10-15-6-4-3-5-7-15/h3-7,16-18H,2,8-14H2,1H3,(H,21,26)(H,24,25). The number of carbonyl (C=O) groups excluding carboxylic acids is 1. The molecule has 2 fully saturated rings. The van der Waals surface area contributed by atoms with E-state index in [1.165, 1.54) is 5.56 Å². The van der Waals surface area contributed by atoms with E-state index in [0.717, 1.165) is 19.3 Å². The first kappa shape index (κ1) is 19.6. The van der Waals surface area contributed by atoms with Gasteiger partial charge >= 0.3 is 12.0 Å². The number of morpholine rings is 1. The molecule has 1 aromatic carbocycles. The summed E-state index contributed by atoms with van der Waals surface area (Å²) in [6, 6.07) is 10.5. The lowest BCUT2D eigenvalue weighted by molar-refractivity contribution is -0.139. The third kappa shape index (κ3) is 5.43. The highest BCUT2D eigenvalue weighted by Gasteiger charge is 2.36. The second-order valence-corrected chi connectivity index (χ2v) is 7.36. The van der Waals surface area contributed by atoms with E-state index in [2.05, 4.69) is 17.4 Å². The van der Waals surface area contributed by atoms with Gasteiger partial charge in [0.05, 0.1) is 19.3 Å². The van der Waals surface area contributed by atoms with Gasteiger partial charge in [0.15, 0.2) is 0 Å². The van der Waals surface area contributed by atoms with E-state index in [-0.39, 0.29) is 30.8 Å². The molecule has 0 spiro atoms. The van der Waals surface area contributed by atoms with Gasteiger partial charge in [-0.2, -0.15) is 0 Å². The van der Waals surface area contributed by atoms with Gasteiger partial charge in [0.25, 0.3) is 0 Å². The lowest BCUT2D eigenvalue weighted by Crippen LogP contribution is -2.58. The van der Waals surface area contributed by atoms with Gasteiger partial charge in [0, 0.05) is 31.6 Å². The molecule has 1 aliphatic heterocycles. The van der Waals surface area contributed by atoms with Crippen LogP contribution in [0.15, 0.2) is 30.3 Å². The molecule has 7 heteroatoms. The van der Waals surface area contributed by atoms with Crippen molar-refractivity contribution in [1.82, 2.24) is 15.1 Å². The highest BCUT2D eigenvalue weighted by molar-refractivity contribution is 5.75. The largest absolute Gasteiger partial charge is 0.480 e. The fourth-order valence-electron chi connectivity index (χ4n) is 3.85. The molecule has 1 aromatic rings. The van der Waals surface area contributed by atoms with Crippen LogP contribution in [0.4, 0.5) is 4.79 Å². The zero-order valence-electron chi connectivity index (χ0n) is 15.8. The number of likely N-dealkylation sites (N-methyl/N-ethyl adjacent to an activating group) is 1. The molecule has 2 aliphatic rings. The second-order valence-electron chi connectivity index (χ2n) is 7.36. The monoisotopic (exact) mass is 375 g/mol. The Morgan fingerprint density at radius 2 is 2.04 bits per heavy atom. The van der Waals surface area contributed by atoms with Gasteiger partial charge in [-0.3, -0.25) is 9.69 Å². The average molecular weight is 375 g/mol. The van der Waals surface area contributed by atoms with Crippen molar-refractivity contribution in [3.63, 3.8) is 0 Å². The van der Waals surface area contributed by atoms with Gasteiger partial charge in [-0.05, 0) is 24.9 Å². The van der Waals surface area contributed by atoms with Gasteiger partial charge in [-0.1, -0.05) is 37.3 Å².